The van der Waals surface area contributed by atoms with Crippen molar-refractivity contribution in [2.75, 3.05) is 13.2 Å². The second kappa shape index (κ2) is 5.53. The van der Waals surface area contributed by atoms with Gasteiger partial charge in [0.15, 0.2) is 6.10 Å². The maximum Gasteiger partial charge on any atom is 0.303 e. The van der Waals surface area contributed by atoms with Crippen LogP contribution in [0, 0.1) is 10.8 Å². The van der Waals surface area contributed by atoms with Crippen molar-refractivity contribution in [2.24, 2.45) is 10.8 Å². The summed E-state index contributed by atoms with van der Waals surface area (Å²) in [6.45, 7) is 7.27. The lowest BCUT2D eigenvalue weighted by Crippen LogP contribution is -2.66. The van der Waals surface area contributed by atoms with Crippen LogP contribution in [0.5, 0.6) is 0 Å². The molecule has 2 bridgehead atoms. The molecule has 2 heterocycles. The molecule has 0 amide bonds. The average Bonchev–Trinajstić information content (AvgIpc) is 3.34. The number of rotatable bonds is 3. The summed E-state index contributed by atoms with van der Waals surface area (Å²) >= 11 is 0. The first kappa shape index (κ1) is 17.9. The van der Waals surface area contributed by atoms with E-state index in [1.54, 1.807) is 0 Å². The van der Waals surface area contributed by atoms with Gasteiger partial charge in [0, 0.05) is 24.7 Å². The molecule has 144 valence electrons. The van der Waals surface area contributed by atoms with Gasteiger partial charge >= 0.3 is 11.9 Å². The monoisotopic (exact) mass is 366 g/mol. The van der Waals surface area contributed by atoms with Crippen LogP contribution in [0.2, 0.25) is 0 Å². The van der Waals surface area contributed by atoms with E-state index in [1.807, 2.05) is 13.8 Å². The Labute approximate surface area is 152 Å². The van der Waals surface area contributed by atoms with Gasteiger partial charge < -0.3 is 24.1 Å². The fourth-order valence-corrected chi connectivity index (χ4v) is 5.55. The van der Waals surface area contributed by atoms with Crippen molar-refractivity contribution in [3.05, 3.63) is 11.6 Å². The van der Waals surface area contributed by atoms with Gasteiger partial charge in [0.05, 0.1) is 12.7 Å². The van der Waals surface area contributed by atoms with E-state index in [-0.39, 0.29) is 18.7 Å². The highest BCUT2D eigenvalue weighted by molar-refractivity contribution is 5.67. The number of carbonyl (C=O) groups is 2. The van der Waals surface area contributed by atoms with E-state index < -0.39 is 40.7 Å². The molecule has 3 fully saturated rings. The summed E-state index contributed by atoms with van der Waals surface area (Å²) in [5.41, 5.74) is -0.926. The quantitative estimate of drug-likeness (QED) is 0.454. The van der Waals surface area contributed by atoms with Gasteiger partial charge in [-0.3, -0.25) is 9.59 Å². The minimum atomic E-state index is -0.966. The largest absolute Gasteiger partial charge is 0.465 e. The molecule has 2 aliphatic carbocycles. The van der Waals surface area contributed by atoms with Crippen LogP contribution < -0.4 is 0 Å². The van der Waals surface area contributed by atoms with Crippen molar-refractivity contribution in [2.45, 2.75) is 70.6 Å². The van der Waals surface area contributed by atoms with Crippen molar-refractivity contribution in [3.63, 3.8) is 0 Å². The van der Waals surface area contributed by atoms with Crippen LogP contribution in [0.1, 0.15) is 40.5 Å². The predicted octanol–water partition coefficient (Wildman–Crippen LogP) is 1.12. The average molecular weight is 366 g/mol. The number of allylic oxidation sites excluding steroid dienone is 1. The topological polar surface area (TPSA) is 94.6 Å². The number of esters is 2. The molecule has 26 heavy (non-hydrogen) atoms. The highest BCUT2D eigenvalue weighted by Crippen LogP contribution is 2.71. The van der Waals surface area contributed by atoms with Crippen molar-refractivity contribution in [3.8, 4) is 0 Å². The summed E-state index contributed by atoms with van der Waals surface area (Å²) in [7, 11) is 0. The Morgan fingerprint density at radius 1 is 1.35 bits per heavy atom. The SMILES string of the molecule is CC(=O)OC[C@]12CCC(C)=C[C@H]1O[C@@H]1[C@H](OC(C)=O)[C@@H](O)[C@@]2(C)[C@]12CO2. The van der Waals surface area contributed by atoms with Crippen LogP contribution in [-0.4, -0.2) is 60.3 Å². The van der Waals surface area contributed by atoms with Crippen LogP contribution in [0.3, 0.4) is 0 Å². The molecule has 1 spiro atoms. The Morgan fingerprint density at radius 2 is 2.04 bits per heavy atom. The minimum Gasteiger partial charge on any atom is -0.465 e. The molecule has 0 radical (unpaired) electrons. The third-order valence-corrected chi connectivity index (χ3v) is 7.10. The zero-order valence-electron chi connectivity index (χ0n) is 15.6. The molecule has 7 heteroatoms. The fourth-order valence-electron chi connectivity index (χ4n) is 5.55. The van der Waals surface area contributed by atoms with E-state index in [0.29, 0.717) is 13.0 Å². The molecular weight excluding hydrogens is 340 g/mol. The van der Waals surface area contributed by atoms with Gasteiger partial charge in [-0.1, -0.05) is 18.6 Å². The van der Waals surface area contributed by atoms with E-state index in [9.17, 15) is 14.7 Å². The van der Waals surface area contributed by atoms with Gasteiger partial charge in [0.25, 0.3) is 0 Å². The molecule has 4 rings (SSSR count). The van der Waals surface area contributed by atoms with Gasteiger partial charge in [0.2, 0.25) is 0 Å². The zero-order valence-corrected chi connectivity index (χ0v) is 15.6. The van der Waals surface area contributed by atoms with E-state index in [1.165, 1.54) is 19.4 Å². The third-order valence-electron chi connectivity index (χ3n) is 7.10. The van der Waals surface area contributed by atoms with E-state index in [4.69, 9.17) is 18.9 Å². The highest BCUT2D eigenvalue weighted by atomic mass is 16.7. The number of ether oxygens (including phenoxy) is 4. The molecule has 0 aromatic rings. The summed E-state index contributed by atoms with van der Waals surface area (Å²) in [5.74, 6) is -0.835. The van der Waals surface area contributed by atoms with Gasteiger partial charge in [0.1, 0.15) is 24.4 Å². The number of aliphatic hydroxyl groups is 1. The lowest BCUT2D eigenvalue weighted by molar-refractivity contribution is -0.231. The molecule has 1 N–H and O–H groups in total. The molecule has 2 aliphatic heterocycles. The lowest BCUT2D eigenvalue weighted by atomic mass is 9.51. The predicted molar refractivity (Wildman–Crippen MR) is 89.1 cm³/mol. The molecule has 2 saturated heterocycles. The number of hydrogen-bond acceptors (Lipinski definition) is 7. The van der Waals surface area contributed by atoms with Crippen molar-refractivity contribution in [1.82, 2.24) is 0 Å². The summed E-state index contributed by atoms with van der Waals surface area (Å²) in [6, 6.07) is 0. The second-order valence-corrected chi connectivity index (χ2v) is 8.33. The van der Waals surface area contributed by atoms with Gasteiger partial charge in [-0.25, -0.2) is 0 Å². The first-order chi connectivity index (χ1) is 12.2. The highest BCUT2D eigenvalue weighted by Gasteiger charge is 2.85. The van der Waals surface area contributed by atoms with Crippen molar-refractivity contribution < 1.29 is 33.6 Å². The molecule has 1 saturated carbocycles. The minimum absolute atomic E-state index is 0.134. The summed E-state index contributed by atoms with van der Waals surface area (Å²) in [6.07, 6.45) is 0.934. The Kier molecular flexibility index (Phi) is 3.82. The first-order valence-corrected chi connectivity index (χ1v) is 9.13. The summed E-state index contributed by atoms with van der Waals surface area (Å²) in [5, 5.41) is 11.3. The van der Waals surface area contributed by atoms with Crippen molar-refractivity contribution >= 4 is 11.9 Å². The van der Waals surface area contributed by atoms with Gasteiger partial charge in [-0.05, 0) is 19.8 Å². The third kappa shape index (κ3) is 2.05. The number of epoxide rings is 1. The van der Waals surface area contributed by atoms with Crippen LogP contribution in [0.4, 0.5) is 0 Å². The Balaban J connectivity index is 1.83. The molecule has 7 nitrogen and oxygen atoms in total. The first-order valence-electron chi connectivity index (χ1n) is 9.13. The molecule has 0 unspecified atom stereocenters. The van der Waals surface area contributed by atoms with Crippen molar-refractivity contribution in [1.29, 1.82) is 0 Å². The van der Waals surface area contributed by atoms with Crippen LogP contribution in [-0.2, 0) is 28.5 Å². The standard InChI is InChI=1S/C19H26O7/c1-10-5-6-18(8-23-11(2)20)13(7-10)26-16-14(25-12(3)21)15(22)17(18,4)19(16)9-24-19/h7,13-16,22H,5-6,8-9H2,1-4H3/t13-,14-,15-,16-,17-,18-,19+/m1/s1. The number of fused-ring (bicyclic) bond motifs is 2. The van der Waals surface area contributed by atoms with Crippen LogP contribution in [0.25, 0.3) is 0 Å². The smallest absolute Gasteiger partial charge is 0.303 e. The molecular formula is C19H26O7. The van der Waals surface area contributed by atoms with E-state index in [0.717, 1.165) is 6.42 Å². The van der Waals surface area contributed by atoms with Gasteiger partial charge in [-0.2, -0.15) is 0 Å². The summed E-state index contributed by atoms with van der Waals surface area (Å²) < 4.78 is 23.2. The van der Waals surface area contributed by atoms with Crippen LogP contribution in [0.15, 0.2) is 11.6 Å². The number of hydrogen-bond donors (Lipinski definition) is 1. The normalized spacial score (nSPS) is 48.6. The maximum absolute atomic E-state index is 11.6. The van der Waals surface area contributed by atoms with Gasteiger partial charge in [-0.15, -0.1) is 0 Å². The molecule has 4 aliphatic rings. The number of carbonyl (C=O) groups excluding carboxylic acids is 2. The molecule has 0 aromatic carbocycles. The Hall–Kier alpha value is -1.44. The fraction of sp³-hybridized carbons (Fsp3) is 0.789. The maximum atomic E-state index is 11.6. The number of aliphatic hydroxyl groups excluding tert-OH is 1. The molecule has 0 aromatic heterocycles. The lowest BCUT2D eigenvalue weighted by Gasteiger charge is -2.57. The van der Waals surface area contributed by atoms with E-state index >= 15 is 0 Å². The second-order valence-electron chi connectivity index (χ2n) is 8.33. The Bertz CT molecular complexity index is 681. The van der Waals surface area contributed by atoms with Crippen LogP contribution >= 0.6 is 0 Å². The molecule has 7 atom stereocenters. The zero-order chi connectivity index (χ0) is 18.9. The Morgan fingerprint density at radius 3 is 2.62 bits per heavy atom. The van der Waals surface area contributed by atoms with E-state index in [2.05, 4.69) is 6.08 Å². The summed E-state index contributed by atoms with van der Waals surface area (Å²) in [4.78, 5) is 23.2.